The second kappa shape index (κ2) is 7.28. The zero-order chi connectivity index (χ0) is 19.8. The molecular weight excluding hydrogens is 381 g/mol. The molecule has 0 spiro atoms. The van der Waals surface area contributed by atoms with E-state index in [0.29, 0.717) is 47.7 Å². The third-order valence-electron chi connectivity index (χ3n) is 5.09. The lowest BCUT2D eigenvalue weighted by Gasteiger charge is -2.36. The molecule has 0 bridgehead atoms. The molecule has 4 rings (SSSR count). The minimum absolute atomic E-state index is 0.119. The first-order valence-electron chi connectivity index (χ1n) is 9.05. The van der Waals surface area contributed by atoms with Crippen molar-refractivity contribution in [2.45, 2.75) is 6.92 Å². The lowest BCUT2D eigenvalue weighted by Crippen LogP contribution is -2.48. The van der Waals surface area contributed by atoms with Gasteiger partial charge in [0.2, 0.25) is 5.91 Å². The van der Waals surface area contributed by atoms with Crippen LogP contribution in [-0.2, 0) is 0 Å². The molecule has 144 valence electrons. The second-order valence-corrected chi connectivity index (χ2v) is 7.29. The topological polar surface area (TPSA) is 45.6 Å². The van der Waals surface area contributed by atoms with E-state index in [-0.39, 0.29) is 17.6 Å². The van der Waals surface area contributed by atoms with Gasteiger partial charge in [-0.15, -0.1) is 0 Å². The summed E-state index contributed by atoms with van der Waals surface area (Å²) < 4.78 is 14.6. The van der Waals surface area contributed by atoms with Gasteiger partial charge < -0.3 is 9.80 Å². The number of piperazine rings is 1. The molecule has 1 amide bonds. The summed E-state index contributed by atoms with van der Waals surface area (Å²) in [6, 6.07) is 11.5. The maximum absolute atomic E-state index is 13.1. The number of carbonyl (C=O) groups excluding carboxylic acids is 2. The Morgan fingerprint density at radius 1 is 1.00 bits per heavy atom. The van der Waals surface area contributed by atoms with Crippen LogP contribution < -0.4 is 4.90 Å². The molecule has 0 radical (unpaired) electrons. The lowest BCUT2D eigenvalue weighted by molar-refractivity contribution is 0.0748. The minimum Gasteiger partial charge on any atom is -0.368 e. The van der Waals surface area contributed by atoms with E-state index in [4.69, 9.17) is 11.6 Å². The van der Waals surface area contributed by atoms with Crippen molar-refractivity contribution in [2.24, 2.45) is 0 Å². The van der Waals surface area contributed by atoms with Gasteiger partial charge in [-0.3, -0.25) is 14.2 Å². The van der Waals surface area contributed by atoms with E-state index >= 15 is 0 Å². The summed E-state index contributed by atoms with van der Waals surface area (Å²) >= 11 is 6.12. The Morgan fingerprint density at radius 3 is 2.32 bits per heavy atom. The lowest BCUT2D eigenvalue weighted by atomic mass is 10.1. The highest BCUT2D eigenvalue weighted by Gasteiger charge is 2.25. The van der Waals surface area contributed by atoms with Crippen molar-refractivity contribution in [3.63, 3.8) is 0 Å². The van der Waals surface area contributed by atoms with E-state index in [9.17, 15) is 14.0 Å². The van der Waals surface area contributed by atoms with Gasteiger partial charge in [0.05, 0.1) is 11.1 Å². The predicted molar refractivity (Wildman–Crippen MR) is 108 cm³/mol. The van der Waals surface area contributed by atoms with Crippen LogP contribution in [0.25, 0.3) is 10.9 Å². The maximum Gasteiger partial charge on any atom is 0.256 e. The highest BCUT2D eigenvalue weighted by atomic mass is 35.5. The molecule has 1 aliphatic rings. The second-order valence-electron chi connectivity index (χ2n) is 6.85. The Morgan fingerprint density at radius 2 is 1.68 bits per heavy atom. The van der Waals surface area contributed by atoms with Crippen LogP contribution in [0.5, 0.6) is 0 Å². The SMILES string of the molecule is CC(=O)n1cc(C(=O)N2CCN(c3ccc(F)cc3)CC2)c2cc(Cl)ccc21. The largest absolute Gasteiger partial charge is 0.368 e. The van der Waals surface area contributed by atoms with Crippen LogP contribution >= 0.6 is 11.6 Å². The van der Waals surface area contributed by atoms with Crippen LogP contribution in [0.3, 0.4) is 0 Å². The number of rotatable bonds is 2. The molecule has 2 aromatic carbocycles. The average molecular weight is 400 g/mol. The summed E-state index contributed by atoms with van der Waals surface area (Å²) in [5, 5.41) is 1.19. The smallest absolute Gasteiger partial charge is 0.256 e. The molecule has 1 aliphatic heterocycles. The molecule has 0 unspecified atom stereocenters. The molecular formula is C21H19ClFN3O2. The Kier molecular flexibility index (Phi) is 4.81. The van der Waals surface area contributed by atoms with Gasteiger partial charge in [-0.05, 0) is 42.5 Å². The summed E-state index contributed by atoms with van der Waals surface area (Å²) in [7, 11) is 0. The van der Waals surface area contributed by atoms with Gasteiger partial charge in [0.15, 0.2) is 0 Å². The van der Waals surface area contributed by atoms with Gasteiger partial charge in [-0.2, -0.15) is 0 Å². The normalized spacial score (nSPS) is 14.5. The number of halogens is 2. The van der Waals surface area contributed by atoms with Crippen molar-refractivity contribution in [3.8, 4) is 0 Å². The molecule has 1 saturated heterocycles. The standard InChI is InChI=1S/C21H19ClFN3O2/c1-14(27)26-13-19(18-12-15(22)2-7-20(18)26)21(28)25-10-8-24(9-11-25)17-5-3-16(23)4-6-17/h2-7,12-13H,8-11H2,1H3. The molecule has 0 atom stereocenters. The van der Waals surface area contributed by atoms with Gasteiger partial charge in [-0.25, -0.2) is 4.39 Å². The van der Waals surface area contributed by atoms with E-state index in [1.165, 1.54) is 23.6 Å². The van der Waals surface area contributed by atoms with Crippen LogP contribution in [0.15, 0.2) is 48.7 Å². The van der Waals surface area contributed by atoms with Crippen LogP contribution in [0.1, 0.15) is 22.1 Å². The number of benzene rings is 2. The average Bonchev–Trinajstić information content (AvgIpc) is 3.07. The highest BCUT2D eigenvalue weighted by Crippen LogP contribution is 2.27. The minimum atomic E-state index is -0.266. The van der Waals surface area contributed by atoms with E-state index in [0.717, 1.165) is 5.69 Å². The van der Waals surface area contributed by atoms with Crippen molar-refractivity contribution in [1.82, 2.24) is 9.47 Å². The number of fused-ring (bicyclic) bond motifs is 1. The van der Waals surface area contributed by atoms with Crippen LogP contribution in [0, 0.1) is 5.82 Å². The number of hydrogen-bond donors (Lipinski definition) is 0. The zero-order valence-electron chi connectivity index (χ0n) is 15.4. The molecule has 2 heterocycles. The van der Waals surface area contributed by atoms with Crippen molar-refractivity contribution < 1.29 is 14.0 Å². The van der Waals surface area contributed by atoms with Crippen LogP contribution in [0.4, 0.5) is 10.1 Å². The van der Waals surface area contributed by atoms with Gasteiger partial charge in [0.1, 0.15) is 5.82 Å². The fraction of sp³-hybridized carbons (Fsp3) is 0.238. The number of hydrogen-bond acceptors (Lipinski definition) is 3. The van der Waals surface area contributed by atoms with E-state index < -0.39 is 0 Å². The first-order valence-corrected chi connectivity index (χ1v) is 9.43. The third-order valence-corrected chi connectivity index (χ3v) is 5.33. The summed E-state index contributed by atoms with van der Waals surface area (Å²) in [6.45, 7) is 3.86. The molecule has 1 aromatic heterocycles. The number of amides is 1. The van der Waals surface area contributed by atoms with E-state index in [1.54, 1.807) is 41.4 Å². The molecule has 3 aromatic rings. The number of nitrogens with zero attached hydrogens (tertiary/aromatic N) is 3. The Hall–Kier alpha value is -2.86. The van der Waals surface area contributed by atoms with Gasteiger partial charge in [0.25, 0.3) is 5.91 Å². The summed E-state index contributed by atoms with van der Waals surface area (Å²) in [5.41, 5.74) is 2.08. The first-order chi connectivity index (χ1) is 13.4. The monoisotopic (exact) mass is 399 g/mol. The number of aromatic nitrogens is 1. The number of anilines is 1. The summed E-state index contributed by atoms with van der Waals surface area (Å²) in [6.07, 6.45) is 1.60. The highest BCUT2D eigenvalue weighted by molar-refractivity contribution is 6.31. The quantitative estimate of drug-likeness (QED) is 0.653. The molecule has 5 nitrogen and oxygen atoms in total. The van der Waals surface area contributed by atoms with Gasteiger partial charge >= 0.3 is 0 Å². The van der Waals surface area contributed by atoms with Gasteiger partial charge in [-0.1, -0.05) is 11.6 Å². The zero-order valence-corrected chi connectivity index (χ0v) is 16.1. The fourth-order valence-electron chi connectivity index (χ4n) is 3.62. The van der Waals surface area contributed by atoms with Crippen molar-refractivity contribution in [3.05, 3.63) is 65.1 Å². The Labute approximate surface area is 166 Å². The number of carbonyl (C=O) groups is 2. The third kappa shape index (κ3) is 3.36. The molecule has 0 aliphatic carbocycles. The fourth-order valence-corrected chi connectivity index (χ4v) is 3.80. The van der Waals surface area contributed by atoms with Gasteiger partial charge in [0, 0.05) is 55.4 Å². The summed E-state index contributed by atoms with van der Waals surface area (Å²) in [4.78, 5) is 29.0. The predicted octanol–water partition coefficient (Wildman–Crippen LogP) is 4.06. The molecule has 0 saturated carbocycles. The van der Waals surface area contributed by atoms with Crippen LogP contribution in [-0.4, -0.2) is 47.5 Å². The van der Waals surface area contributed by atoms with E-state index in [2.05, 4.69) is 4.90 Å². The first kappa shape index (κ1) is 18.5. The Balaban J connectivity index is 1.56. The molecule has 1 fully saturated rings. The molecule has 7 heteroatoms. The van der Waals surface area contributed by atoms with Crippen molar-refractivity contribution in [1.29, 1.82) is 0 Å². The van der Waals surface area contributed by atoms with Crippen LogP contribution in [0.2, 0.25) is 5.02 Å². The maximum atomic E-state index is 13.1. The van der Waals surface area contributed by atoms with E-state index in [1.807, 2.05) is 0 Å². The van der Waals surface area contributed by atoms with Crippen molar-refractivity contribution >= 4 is 40.0 Å². The Bertz CT molecular complexity index is 1050. The molecule has 28 heavy (non-hydrogen) atoms. The molecule has 0 N–H and O–H groups in total. The summed E-state index contributed by atoms with van der Waals surface area (Å²) in [5.74, 6) is -0.545. The van der Waals surface area contributed by atoms with Crippen molar-refractivity contribution in [2.75, 3.05) is 31.1 Å².